The lowest BCUT2D eigenvalue weighted by molar-refractivity contribution is 0.0238. The smallest absolute Gasteiger partial charge is 0.423 e. The van der Waals surface area contributed by atoms with Crippen LogP contribution in [0.4, 0.5) is 0 Å². The molecular formula is C12H19BO3. The minimum atomic E-state index is -1.44. The lowest BCUT2D eigenvalue weighted by atomic mass is 9.77. The summed E-state index contributed by atoms with van der Waals surface area (Å²) in [6.07, 6.45) is 0.156. The van der Waals surface area contributed by atoms with Crippen LogP contribution in [-0.2, 0) is 11.3 Å². The second kappa shape index (κ2) is 6.04. The molecule has 0 bridgehead atoms. The van der Waals surface area contributed by atoms with Gasteiger partial charge in [0.05, 0.1) is 12.7 Å². The van der Waals surface area contributed by atoms with Crippen LogP contribution < -0.4 is 5.46 Å². The van der Waals surface area contributed by atoms with Gasteiger partial charge < -0.3 is 14.8 Å². The van der Waals surface area contributed by atoms with E-state index in [1.54, 1.807) is 12.1 Å². The molecule has 2 N–H and O–H groups in total. The van der Waals surface area contributed by atoms with Crippen LogP contribution in [0.5, 0.6) is 0 Å². The van der Waals surface area contributed by atoms with Crippen molar-refractivity contribution < 1.29 is 14.8 Å². The van der Waals surface area contributed by atoms with Crippen LogP contribution in [0.1, 0.15) is 26.3 Å². The SMILES string of the molecule is CC(C)C(C)OCc1ccccc1B(O)O. The minimum Gasteiger partial charge on any atom is -0.423 e. The molecule has 0 aliphatic carbocycles. The van der Waals surface area contributed by atoms with Gasteiger partial charge in [0.25, 0.3) is 0 Å². The van der Waals surface area contributed by atoms with Gasteiger partial charge in [0.15, 0.2) is 0 Å². The van der Waals surface area contributed by atoms with Crippen molar-refractivity contribution in [3.63, 3.8) is 0 Å². The second-order valence-electron chi connectivity index (χ2n) is 4.33. The average Bonchev–Trinajstić information content (AvgIpc) is 2.25. The van der Waals surface area contributed by atoms with Gasteiger partial charge in [-0.05, 0) is 23.9 Å². The largest absolute Gasteiger partial charge is 0.488 e. The molecule has 0 heterocycles. The lowest BCUT2D eigenvalue weighted by Crippen LogP contribution is -2.33. The van der Waals surface area contributed by atoms with E-state index in [0.29, 0.717) is 18.0 Å². The maximum Gasteiger partial charge on any atom is 0.488 e. The van der Waals surface area contributed by atoms with Gasteiger partial charge in [-0.1, -0.05) is 38.1 Å². The number of rotatable bonds is 5. The predicted octanol–water partition coefficient (Wildman–Crippen LogP) is 0.927. The van der Waals surface area contributed by atoms with Crippen LogP contribution >= 0.6 is 0 Å². The number of benzene rings is 1. The summed E-state index contributed by atoms with van der Waals surface area (Å²) in [5, 5.41) is 18.4. The molecule has 0 aliphatic rings. The van der Waals surface area contributed by atoms with E-state index in [-0.39, 0.29) is 6.10 Å². The Kier molecular flexibility index (Phi) is 4.99. The Bertz CT molecular complexity index is 326. The Morgan fingerprint density at radius 2 is 1.81 bits per heavy atom. The Hall–Kier alpha value is -0.835. The van der Waals surface area contributed by atoms with E-state index in [1.807, 2.05) is 19.1 Å². The van der Waals surface area contributed by atoms with Crippen molar-refractivity contribution >= 4 is 12.6 Å². The molecule has 1 aromatic carbocycles. The van der Waals surface area contributed by atoms with Gasteiger partial charge in [-0.3, -0.25) is 0 Å². The molecule has 1 unspecified atom stereocenters. The predicted molar refractivity (Wildman–Crippen MR) is 65.4 cm³/mol. The number of hydrogen-bond acceptors (Lipinski definition) is 3. The minimum absolute atomic E-state index is 0.156. The molecule has 0 saturated carbocycles. The molecule has 0 aromatic heterocycles. The second-order valence-corrected chi connectivity index (χ2v) is 4.33. The van der Waals surface area contributed by atoms with Crippen molar-refractivity contribution in [2.75, 3.05) is 0 Å². The van der Waals surface area contributed by atoms with Gasteiger partial charge >= 0.3 is 7.12 Å². The molecule has 3 nitrogen and oxygen atoms in total. The Labute approximate surface area is 97.2 Å². The maximum absolute atomic E-state index is 9.18. The van der Waals surface area contributed by atoms with Gasteiger partial charge in [0, 0.05) is 0 Å². The molecule has 0 fully saturated rings. The molecule has 1 atom stereocenters. The molecule has 16 heavy (non-hydrogen) atoms. The van der Waals surface area contributed by atoms with Crippen molar-refractivity contribution in [2.24, 2.45) is 5.92 Å². The molecule has 0 spiro atoms. The van der Waals surface area contributed by atoms with Crippen molar-refractivity contribution in [1.82, 2.24) is 0 Å². The van der Waals surface area contributed by atoms with Crippen LogP contribution in [-0.4, -0.2) is 23.3 Å². The van der Waals surface area contributed by atoms with Crippen molar-refractivity contribution in [1.29, 1.82) is 0 Å². The number of ether oxygens (including phenoxy) is 1. The summed E-state index contributed by atoms with van der Waals surface area (Å²) in [4.78, 5) is 0. The first-order valence-electron chi connectivity index (χ1n) is 5.58. The van der Waals surface area contributed by atoms with Crippen LogP contribution in [0.15, 0.2) is 24.3 Å². The highest BCUT2D eigenvalue weighted by Gasteiger charge is 2.16. The topological polar surface area (TPSA) is 49.7 Å². The zero-order valence-corrected chi connectivity index (χ0v) is 10.1. The first kappa shape index (κ1) is 13.2. The third kappa shape index (κ3) is 3.63. The molecule has 0 amide bonds. The van der Waals surface area contributed by atoms with E-state index in [0.717, 1.165) is 5.56 Å². The highest BCUT2D eigenvalue weighted by Crippen LogP contribution is 2.08. The van der Waals surface area contributed by atoms with Crippen LogP contribution in [0.2, 0.25) is 0 Å². The summed E-state index contributed by atoms with van der Waals surface area (Å²) in [7, 11) is -1.44. The summed E-state index contributed by atoms with van der Waals surface area (Å²) >= 11 is 0. The summed E-state index contributed by atoms with van der Waals surface area (Å²) in [6, 6.07) is 7.19. The third-order valence-corrected chi connectivity index (χ3v) is 2.77. The van der Waals surface area contributed by atoms with Gasteiger partial charge in [-0.25, -0.2) is 0 Å². The Balaban J connectivity index is 2.66. The average molecular weight is 222 g/mol. The molecular weight excluding hydrogens is 203 g/mol. The van der Waals surface area contributed by atoms with E-state index in [4.69, 9.17) is 4.74 Å². The van der Waals surface area contributed by atoms with Gasteiger partial charge in [-0.15, -0.1) is 0 Å². The summed E-state index contributed by atoms with van der Waals surface area (Å²) in [5.74, 6) is 0.450. The normalized spacial score (nSPS) is 12.9. The lowest BCUT2D eigenvalue weighted by Gasteiger charge is -2.17. The van der Waals surface area contributed by atoms with E-state index < -0.39 is 7.12 Å². The van der Waals surface area contributed by atoms with Crippen molar-refractivity contribution in [3.8, 4) is 0 Å². The molecule has 4 heteroatoms. The zero-order valence-electron chi connectivity index (χ0n) is 10.1. The van der Waals surface area contributed by atoms with Crippen LogP contribution in [0.3, 0.4) is 0 Å². The van der Waals surface area contributed by atoms with E-state index >= 15 is 0 Å². The fourth-order valence-electron chi connectivity index (χ4n) is 1.33. The Morgan fingerprint density at radius 3 is 2.38 bits per heavy atom. The Morgan fingerprint density at radius 1 is 1.19 bits per heavy atom. The summed E-state index contributed by atoms with van der Waals surface area (Å²) < 4.78 is 5.66. The highest BCUT2D eigenvalue weighted by atomic mass is 16.5. The van der Waals surface area contributed by atoms with E-state index in [1.165, 1.54) is 0 Å². The standard InChI is InChI=1S/C12H19BO3/c1-9(2)10(3)16-8-11-6-4-5-7-12(11)13(14)15/h4-7,9-10,14-15H,8H2,1-3H3. The fourth-order valence-corrected chi connectivity index (χ4v) is 1.33. The van der Waals surface area contributed by atoms with Crippen molar-refractivity contribution in [3.05, 3.63) is 29.8 Å². The maximum atomic E-state index is 9.18. The van der Waals surface area contributed by atoms with Crippen LogP contribution in [0.25, 0.3) is 0 Å². The van der Waals surface area contributed by atoms with E-state index in [2.05, 4.69) is 13.8 Å². The van der Waals surface area contributed by atoms with Crippen molar-refractivity contribution in [2.45, 2.75) is 33.5 Å². The monoisotopic (exact) mass is 222 g/mol. The molecule has 88 valence electrons. The first-order valence-corrected chi connectivity index (χ1v) is 5.58. The summed E-state index contributed by atoms with van der Waals surface area (Å²) in [6.45, 7) is 6.62. The molecule has 0 aliphatic heterocycles. The van der Waals surface area contributed by atoms with Gasteiger partial charge in [0.2, 0.25) is 0 Å². The fraction of sp³-hybridized carbons (Fsp3) is 0.500. The zero-order chi connectivity index (χ0) is 12.1. The molecule has 1 rings (SSSR count). The summed E-state index contributed by atoms with van der Waals surface area (Å²) in [5.41, 5.74) is 1.34. The highest BCUT2D eigenvalue weighted by molar-refractivity contribution is 6.59. The quantitative estimate of drug-likeness (QED) is 0.728. The first-order chi connectivity index (χ1) is 7.52. The number of hydrogen-bond donors (Lipinski definition) is 2. The van der Waals surface area contributed by atoms with Gasteiger partial charge in [-0.2, -0.15) is 0 Å². The van der Waals surface area contributed by atoms with Crippen LogP contribution in [0, 0.1) is 5.92 Å². The third-order valence-electron chi connectivity index (χ3n) is 2.77. The molecule has 0 saturated heterocycles. The van der Waals surface area contributed by atoms with E-state index in [9.17, 15) is 10.0 Å². The van der Waals surface area contributed by atoms with Gasteiger partial charge in [0.1, 0.15) is 0 Å². The molecule has 1 aromatic rings. The molecule has 0 radical (unpaired) electrons.